The van der Waals surface area contributed by atoms with Gasteiger partial charge in [-0.05, 0) is 69.0 Å². The van der Waals surface area contributed by atoms with Gasteiger partial charge in [0.05, 0.1) is 0 Å². The van der Waals surface area contributed by atoms with Crippen LogP contribution in [0.25, 0.3) is 0 Å². The Hall–Kier alpha value is -1.24. The highest BCUT2D eigenvalue weighted by molar-refractivity contribution is 7.76. The first-order valence-electron chi connectivity index (χ1n) is 12.3. The van der Waals surface area contributed by atoms with Gasteiger partial charge in [-0.1, -0.05) is 107 Å². The van der Waals surface area contributed by atoms with Crippen molar-refractivity contribution in [3.05, 3.63) is 57.6 Å². The van der Waals surface area contributed by atoms with E-state index in [2.05, 4.69) is 121 Å². The molecule has 0 aliphatic rings. The molecule has 0 aliphatic carbocycles. The summed E-state index contributed by atoms with van der Waals surface area (Å²) in [5, 5.41) is 0. The highest BCUT2D eigenvalue weighted by atomic mass is 35.7. The van der Waals surface area contributed by atoms with Gasteiger partial charge in [-0.3, -0.25) is 0 Å². The van der Waals surface area contributed by atoms with E-state index in [4.69, 9.17) is 20.3 Å². The van der Waals surface area contributed by atoms with Gasteiger partial charge in [0.2, 0.25) is 0 Å². The molecule has 0 saturated heterocycles. The molecule has 0 radical (unpaired) electrons. The predicted molar refractivity (Wildman–Crippen MR) is 151 cm³/mol. The molecule has 0 aromatic heterocycles. The van der Waals surface area contributed by atoms with Crippen molar-refractivity contribution in [1.82, 2.24) is 0 Å². The molecule has 2 aromatic rings. The molecule has 0 atom stereocenters. The van der Waals surface area contributed by atoms with Gasteiger partial charge in [0.1, 0.15) is 11.5 Å². The summed E-state index contributed by atoms with van der Waals surface area (Å²) in [7, 11) is -1.70. The molecule has 34 heavy (non-hydrogen) atoms. The summed E-state index contributed by atoms with van der Waals surface area (Å²) in [6.45, 7) is 30.9. The van der Waals surface area contributed by atoms with Crippen molar-refractivity contribution < 1.29 is 9.05 Å². The fraction of sp³-hybridized carbons (Fsp3) is 0.600. The van der Waals surface area contributed by atoms with E-state index in [1.165, 1.54) is 11.1 Å². The van der Waals surface area contributed by atoms with Gasteiger partial charge >= 0.3 is 7.73 Å². The molecule has 190 valence electrons. The Morgan fingerprint density at radius 2 is 0.824 bits per heavy atom. The third kappa shape index (κ3) is 6.92. The predicted octanol–water partition coefficient (Wildman–Crippen LogP) is 10.4. The van der Waals surface area contributed by atoms with Crippen LogP contribution in [0.15, 0.2) is 24.3 Å². The quantitative estimate of drug-likeness (QED) is 0.385. The normalized spacial score (nSPS) is 13.4. The Morgan fingerprint density at radius 3 is 1.06 bits per heavy atom. The number of hydrogen-bond donors (Lipinski definition) is 0. The minimum Gasteiger partial charge on any atom is -0.427 e. The van der Waals surface area contributed by atoms with Crippen molar-refractivity contribution in [2.24, 2.45) is 0 Å². The Morgan fingerprint density at radius 1 is 0.529 bits per heavy atom. The van der Waals surface area contributed by atoms with Gasteiger partial charge < -0.3 is 9.05 Å². The summed E-state index contributed by atoms with van der Waals surface area (Å²) in [4.78, 5) is 0. The minimum absolute atomic E-state index is 0.0546. The van der Waals surface area contributed by atoms with Crippen molar-refractivity contribution >= 4 is 19.0 Å². The van der Waals surface area contributed by atoms with Crippen LogP contribution in [0.1, 0.15) is 116 Å². The van der Waals surface area contributed by atoms with Crippen molar-refractivity contribution in [1.29, 1.82) is 0 Å². The lowest BCUT2D eigenvalue weighted by atomic mass is 9.79. The highest BCUT2D eigenvalue weighted by Gasteiger charge is 2.30. The van der Waals surface area contributed by atoms with Gasteiger partial charge in [-0.2, -0.15) is 0 Å². The van der Waals surface area contributed by atoms with Gasteiger partial charge in [-0.25, -0.2) is 0 Å². The average Bonchev–Trinajstić information content (AvgIpc) is 2.60. The van der Waals surface area contributed by atoms with E-state index in [1.54, 1.807) is 0 Å². The molecule has 0 fully saturated rings. The maximum atomic E-state index is 6.82. The van der Waals surface area contributed by atoms with Crippen LogP contribution in [0.3, 0.4) is 0 Å². The van der Waals surface area contributed by atoms with Crippen molar-refractivity contribution in [2.75, 3.05) is 0 Å². The lowest BCUT2D eigenvalue weighted by Gasteiger charge is -2.30. The molecule has 2 aromatic carbocycles. The van der Waals surface area contributed by atoms with E-state index in [0.29, 0.717) is 0 Å². The fourth-order valence-electron chi connectivity index (χ4n) is 3.93. The summed E-state index contributed by atoms with van der Waals surface area (Å²) in [6.07, 6.45) is 0. The topological polar surface area (TPSA) is 18.5 Å². The minimum atomic E-state index is -1.70. The molecule has 0 heterocycles. The largest absolute Gasteiger partial charge is 0.427 e. The Kier molecular flexibility index (Phi) is 8.24. The maximum absolute atomic E-state index is 6.82. The molecule has 0 bridgehead atoms. The van der Waals surface area contributed by atoms with Crippen LogP contribution in [0, 0.1) is 13.8 Å². The lowest BCUT2D eigenvalue weighted by molar-refractivity contribution is 0.466. The third-order valence-corrected chi connectivity index (χ3v) is 7.29. The molecular weight excluding hydrogens is 459 g/mol. The zero-order valence-corrected chi connectivity index (χ0v) is 25.6. The number of rotatable bonds is 4. The molecule has 0 spiro atoms. The zero-order valence-electron chi connectivity index (χ0n) is 24.0. The van der Waals surface area contributed by atoms with E-state index in [1.807, 2.05) is 0 Å². The SMILES string of the molecule is Cc1cc(C(C)(C)C)cc(C(C)(C)C)c1OP(Cl)Oc1c(C)cc(C(C)(C)C)cc1C(C)(C)C. The standard InChI is InChI=1S/C30H46ClO2P/c1-19-15-21(27(3,4)5)17-23(29(9,10)11)25(19)32-34(31)33-26-20(2)16-22(28(6,7)8)18-24(26)30(12,13)14/h15-18H,1-14H3. The zero-order chi connectivity index (χ0) is 26.4. The van der Waals surface area contributed by atoms with E-state index in [0.717, 1.165) is 33.8 Å². The second kappa shape index (κ2) is 9.67. The third-order valence-electron chi connectivity index (χ3n) is 6.22. The van der Waals surface area contributed by atoms with E-state index >= 15 is 0 Å². The highest BCUT2D eigenvalue weighted by Crippen LogP contribution is 2.51. The summed E-state index contributed by atoms with van der Waals surface area (Å²) in [6, 6.07) is 8.97. The molecule has 0 amide bonds. The van der Waals surface area contributed by atoms with Crippen LogP contribution in [-0.2, 0) is 21.7 Å². The van der Waals surface area contributed by atoms with Crippen LogP contribution in [0.5, 0.6) is 11.5 Å². The maximum Gasteiger partial charge on any atom is 0.401 e. The average molecular weight is 505 g/mol. The number of hydrogen-bond acceptors (Lipinski definition) is 2. The van der Waals surface area contributed by atoms with Gasteiger partial charge in [-0.15, -0.1) is 0 Å². The Balaban J connectivity index is 2.52. The van der Waals surface area contributed by atoms with Crippen LogP contribution < -0.4 is 9.05 Å². The van der Waals surface area contributed by atoms with Gasteiger partial charge in [0.25, 0.3) is 0 Å². The molecule has 0 unspecified atom stereocenters. The first-order valence-corrected chi connectivity index (χ1v) is 14.3. The lowest BCUT2D eigenvalue weighted by Crippen LogP contribution is -2.19. The van der Waals surface area contributed by atoms with E-state index < -0.39 is 7.73 Å². The van der Waals surface area contributed by atoms with Crippen LogP contribution in [0.2, 0.25) is 0 Å². The van der Waals surface area contributed by atoms with Crippen molar-refractivity contribution in [2.45, 2.75) is 119 Å². The molecule has 2 rings (SSSR count). The molecule has 0 N–H and O–H groups in total. The Labute approximate surface area is 215 Å². The molecular formula is C30H46ClO2P. The number of halogens is 1. The summed E-state index contributed by atoms with van der Waals surface area (Å²) in [5.74, 6) is 1.67. The van der Waals surface area contributed by atoms with Crippen molar-refractivity contribution in [3.8, 4) is 11.5 Å². The van der Waals surface area contributed by atoms with Gasteiger partial charge in [0.15, 0.2) is 0 Å². The summed E-state index contributed by atoms with van der Waals surface area (Å²) >= 11 is 6.82. The first-order chi connectivity index (χ1) is 15.1. The molecule has 0 saturated carbocycles. The number of aryl methyl sites for hydroxylation is 2. The second-order valence-electron chi connectivity index (χ2n) is 13.7. The first kappa shape index (κ1) is 29.0. The molecule has 2 nitrogen and oxygen atoms in total. The summed E-state index contributed by atoms with van der Waals surface area (Å²) in [5.41, 5.74) is 7.02. The Bertz CT molecular complexity index is 945. The molecule has 0 aliphatic heterocycles. The summed E-state index contributed by atoms with van der Waals surface area (Å²) < 4.78 is 12.8. The van der Waals surface area contributed by atoms with Gasteiger partial charge in [0, 0.05) is 11.1 Å². The second-order valence-corrected chi connectivity index (χ2v) is 15.4. The van der Waals surface area contributed by atoms with Crippen molar-refractivity contribution in [3.63, 3.8) is 0 Å². The molecule has 4 heteroatoms. The number of benzene rings is 2. The van der Waals surface area contributed by atoms with E-state index in [-0.39, 0.29) is 21.7 Å². The van der Waals surface area contributed by atoms with Crippen LogP contribution >= 0.6 is 19.0 Å². The fourth-order valence-corrected chi connectivity index (χ4v) is 5.16. The smallest absolute Gasteiger partial charge is 0.401 e. The van der Waals surface area contributed by atoms with Crippen LogP contribution in [0.4, 0.5) is 0 Å². The van der Waals surface area contributed by atoms with E-state index in [9.17, 15) is 0 Å². The van der Waals surface area contributed by atoms with Crippen LogP contribution in [-0.4, -0.2) is 0 Å². The monoisotopic (exact) mass is 504 g/mol.